The zero-order valence-corrected chi connectivity index (χ0v) is 13.9. The number of ether oxygens (including phenoxy) is 2. The largest absolute Gasteiger partial charge is 0.493 e. The van der Waals surface area contributed by atoms with Gasteiger partial charge in [-0.2, -0.15) is 0 Å². The molecule has 0 saturated carbocycles. The Balaban J connectivity index is 2.44. The van der Waals surface area contributed by atoms with Crippen LogP contribution in [0.5, 0.6) is 11.5 Å². The predicted molar refractivity (Wildman–Crippen MR) is 85.0 cm³/mol. The second kappa shape index (κ2) is 6.85. The van der Waals surface area contributed by atoms with E-state index in [9.17, 15) is 14.9 Å². The van der Waals surface area contributed by atoms with Crippen LogP contribution in [0.1, 0.15) is 30.6 Å². The van der Waals surface area contributed by atoms with E-state index in [1.54, 1.807) is 4.90 Å². The van der Waals surface area contributed by atoms with Gasteiger partial charge in [0.25, 0.3) is 11.6 Å². The Morgan fingerprint density at radius 1 is 1.17 bits per heavy atom. The standard InChI is InChI=1S/C16H22N2O5/c1-10-5-11(2)9-17(8-10)16(19)12-6-14(22-3)15(23-4)7-13(12)18(20)21/h6-7,10-11H,5,8-9H2,1-4H3. The van der Waals surface area contributed by atoms with Crippen LogP contribution >= 0.6 is 0 Å². The van der Waals surface area contributed by atoms with Crippen LogP contribution in [0, 0.1) is 22.0 Å². The number of piperidine rings is 1. The summed E-state index contributed by atoms with van der Waals surface area (Å²) < 4.78 is 10.3. The highest BCUT2D eigenvalue weighted by atomic mass is 16.6. The van der Waals surface area contributed by atoms with Crippen LogP contribution < -0.4 is 9.47 Å². The number of likely N-dealkylation sites (tertiary alicyclic amines) is 1. The average molecular weight is 322 g/mol. The minimum absolute atomic E-state index is 0.0361. The van der Waals surface area contributed by atoms with Crippen molar-refractivity contribution in [3.05, 3.63) is 27.8 Å². The van der Waals surface area contributed by atoms with Crippen molar-refractivity contribution < 1.29 is 19.2 Å². The fourth-order valence-corrected chi connectivity index (χ4v) is 3.19. The lowest BCUT2D eigenvalue weighted by atomic mass is 9.91. The normalized spacial score (nSPS) is 21.0. The quantitative estimate of drug-likeness (QED) is 0.629. The second-order valence-electron chi connectivity index (χ2n) is 6.14. The number of hydrogen-bond acceptors (Lipinski definition) is 5. The first-order chi connectivity index (χ1) is 10.9. The molecule has 0 spiro atoms. The van der Waals surface area contributed by atoms with Gasteiger partial charge in [0.1, 0.15) is 5.56 Å². The van der Waals surface area contributed by atoms with E-state index in [1.807, 2.05) is 0 Å². The Morgan fingerprint density at radius 2 is 1.70 bits per heavy atom. The smallest absolute Gasteiger partial charge is 0.286 e. The summed E-state index contributed by atoms with van der Waals surface area (Å²) in [5.41, 5.74) is -0.229. The average Bonchev–Trinajstić information content (AvgIpc) is 2.51. The molecule has 1 heterocycles. The Labute approximate surface area is 135 Å². The highest BCUT2D eigenvalue weighted by molar-refractivity contribution is 5.99. The number of carbonyl (C=O) groups is 1. The summed E-state index contributed by atoms with van der Waals surface area (Å²) in [6.07, 6.45) is 1.05. The Bertz CT molecular complexity index is 607. The van der Waals surface area contributed by atoms with Crippen molar-refractivity contribution in [1.29, 1.82) is 0 Å². The van der Waals surface area contributed by atoms with E-state index in [0.717, 1.165) is 6.42 Å². The fraction of sp³-hybridized carbons (Fsp3) is 0.562. The highest BCUT2D eigenvalue weighted by Gasteiger charge is 2.31. The maximum atomic E-state index is 12.8. The van der Waals surface area contributed by atoms with Crippen molar-refractivity contribution >= 4 is 11.6 Å². The molecule has 7 nitrogen and oxygen atoms in total. The van der Waals surface area contributed by atoms with E-state index in [-0.39, 0.29) is 22.9 Å². The van der Waals surface area contributed by atoms with Crippen LogP contribution in [0.3, 0.4) is 0 Å². The summed E-state index contributed by atoms with van der Waals surface area (Å²) in [5.74, 6) is 0.954. The number of methoxy groups -OCH3 is 2. The third kappa shape index (κ3) is 3.55. The number of nitro benzene ring substituents is 1. The molecule has 1 saturated heterocycles. The molecule has 0 aliphatic carbocycles. The van der Waals surface area contributed by atoms with E-state index in [4.69, 9.17) is 9.47 Å². The lowest BCUT2D eigenvalue weighted by Crippen LogP contribution is -2.42. The van der Waals surface area contributed by atoms with Gasteiger partial charge >= 0.3 is 0 Å². The molecule has 0 bridgehead atoms. The van der Waals surface area contributed by atoms with Crippen LogP contribution in [-0.2, 0) is 0 Å². The van der Waals surface area contributed by atoms with Crippen LogP contribution in [-0.4, -0.2) is 43.0 Å². The van der Waals surface area contributed by atoms with E-state index in [0.29, 0.717) is 30.7 Å². The Morgan fingerprint density at radius 3 is 2.17 bits per heavy atom. The number of nitro groups is 1. The Hall–Kier alpha value is -2.31. The number of nitrogens with zero attached hydrogens (tertiary/aromatic N) is 2. The van der Waals surface area contributed by atoms with Crippen molar-refractivity contribution in [2.45, 2.75) is 20.3 Å². The molecule has 1 fully saturated rings. The molecule has 1 aliphatic rings. The molecule has 0 N–H and O–H groups in total. The SMILES string of the molecule is COc1cc(C(=O)N2CC(C)CC(C)C2)c([N+](=O)[O-])cc1OC. The van der Waals surface area contributed by atoms with Gasteiger partial charge in [-0.1, -0.05) is 13.8 Å². The number of benzene rings is 1. The molecule has 23 heavy (non-hydrogen) atoms. The zero-order valence-electron chi connectivity index (χ0n) is 13.9. The highest BCUT2D eigenvalue weighted by Crippen LogP contribution is 2.35. The molecule has 0 radical (unpaired) electrons. The van der Waals surface area contributed by atoms with E-state index < -0.39 is 4.92 Å². The summed E-state index contributed by atoms with van der Waals surface area (Å²) in [6.45, 7) is 5.38. The van der Waals surface area contributed by atoms with Gasteiger partial charge in [0.05, 0.1) is 25.2 Å². The lowest BCUT2D eigenvalue weighted by molar-refractivity contribution is -0.385. The summed E-state index contributed by atoms with van der Waals surface area (Å²) in [5, 5.41) is 11.3. The molecule has 7 heteroatoms. The van der Waals surface area contributed by atoms with Gasteiger partial charge in [-0.15, -0.1) is 0 Å². The molecule has 2 rings (SSSR count). The van der Waals surface area contributed by atoms with Gasteiger partial charge in [-0.05, 0) is 18.3 Å². The lowest BCUT2D eigenvalue weighted by Gasteiger charge is -2.35. The molecule has 1 aromatic carbocycles. The van der Waals surface area contributed by atoms with Gasteiger partial charge in [0.2, 0.25) is 0 Å². The fourth-order valence-electron chi connectivity index (χ4n) is 3.19. The van der Waals surface area contributed by atoms with Crippen molar-refractivity contribution in [1.82, 2.24) is 4.90 Å². The van der Waals surface area contributed by atoms with Crippen LogP contribution in [0.4, 0.5) is 5.69 Å². The summed E-state index contributed by atoms with van der Waals surface area (Å²) in [6, 6.07) is 2.63. The van der Waals surface area contributed by atoms with Crippen molar-refractivity contribution in [3.63, 3.8) is 0 Å². The van der Waals surface area contributed by atoms with E-state index in [2.05, 4.69) is 13.8 Å². The van der Waals surface area contributed by atoms with Gasteiger partial charge in [0.15, 0.2) is 11.5 Å². The maximum Gasteiger partial charge on any atom is 0.286 e. The van der Waals surface area contributed by atoms with E-state index in [1.165, 1.54) is 26.4 Å². The summed E-state index contributed by atoms with van der Waals surface area (Å²) in [4.78, 5) is 25.3. The molecular formula is C16H22N2O5. The topological polar surface area (TPSA) is 81.9 Å². The maximum absolute atomic E-state index is 12.8. The first-order valence-electron chi connectivity index (χ1n) is 7.57. The number of carbonyl (C=O) groups excluding carboxylic acids is 1. The van der Waals surface area contributed by atoms with Crippen LogP contribution in [0.2, 0.25) is 0 Å². The molecule has 1 aromatic rings. The number of hydrogen-bond donors (Lipinski definition) is 0. The molecule has 1 aliphatic heterocycles. The minimum atomic E-state index is -0.563. The zero-order chi connectivity index (χ0) is 17.1. The number of amides is 1. The molecule has 2 atom stereocenters. The third-order valence-electron chi connectivity index (χ3n) is 4.09. The third-order valence-corrected chi connectivity index (χ3v) is 4.09. The Kier molecular flexibility index (Phi) is 5.08. The van der Waals surface area contributed by atoms with Crippen molar-refractivity contribution in [2.75, 3.05) is 27.3 Å². The van der Waals surface area contributed by atoms with E-state index >= 15 is 0 Å². The number of rotatable bonds is 4. The van der Waals surface area contributed by atoms with Gasteiger partial charge in [-0.25, -0.2) is 0 Å². The predicted octanol–water partition coefficient (Wildman–Crippen LogP) is 2.73. The van der Waals surface area contributed by atoms with Gasteiger partial charge in [0, 0.05) is 19.2 Å². The van der Waals surface area contributed by atoms with Gasteiger partial charge < -0.3 is 14.4 Å². The molecule has 126 valence electrons. The van der Waals surface area contributed by atoms with Crippen LogP contribution in [0.15, 0.2) is 12.1 Å². The summed E-state index contributed by atoms with van der Waals surface area (Å²) >= 11 is 0. The second-order valence-corrected chi connectivity index (χ2v) is 6.14. The van der Waals surface area contributed by atoms with Crippen molar-refractivity contribution in [2.24, 2.45) is 11.8 Å². The van der Waals surface area contributed by atoms with Crippen molar-refractivity contribution in [3.8, 4) is 11.5 Å². The molecule has 2 unspecified atom stereocenters. The minimum Gasteiger partial charge on any atom is -0.493 e. The first-order valence-corrected chi connectivity index (χ1v) is 7.57. The molecule has 1 amide bonds. The monoisotopic (exact) mass is 322 g/mol. The molecule has 0 aromatic heterocycles. The molecular weight excluding hydrogens is 300 g/mol. The summed E-state index contributed by atoms with van der Waals surface area (Å²) in [7, 11) is 2.83. The van der Waals surface area contributed by atoms with Crippen LogP contribution in [0.25, 0.3) is 0 Å². The first kappa shape index (κ1) is 17.1. The van der Waals surface area contributed by atoms with Gasteiger partial charge in [-0.3, -0.25) is 14.9 Å².